The number of ether oxygens (including phenoxy) is 2. The van der Waals surface area contributed by atoms with Gasteiger partial charge in [0.2, 0.25) is 0 Å². The van der Waals surface area contributed by atoms with Crippen LogP contribution < -0.4 is 34.6 Å². The minimum atomic E-state index is -0.759. The summed E-state index contributed by atoms with van der Waals surface area (Å²) in [7, 11) is 3.14. The number of carbonyl (C=O) groups is 1. The van der Waals surface area contributed by atoms with E-state index in [1.807, 2.05) is 54.6 Å². The number of nitrogens with zero attached hydrogens (tertiary/aromatic N) is 3. The second kappa shape index (κ2) is 11.7. The van der Waals surface area contributed by atoms with Crippen LogP contribution in [0.1, 0.15) is 36.9 Å². The molecule has 1 N–H and O–H groups in total. The molecule has 0 spiro atoms. The van der Waals surface area contributed by atoms with E-state index in [1.165, 1.54) is 29.9 Å². The van der Waals surface area contributed by atoms with Crippen LogP contribution in [0.25, 0.3) is 6.08 Å². The fourth-order valence-electron chi connectivity index (χ4n) is 5.58. The van der Waals surface area contributed by atoms with Crippen molar-refractivity contribution in [3.8, 4) is 11.5 Å². The van der Waals surface area contributed by atoms with Crippen molar-refractivity contribution in [1.29, 1.82) is 0 Å². The van der Waals surface area contributed by atoms with Crippen LogP contribution >= 0.6 is 11.3 Å². The van der Waals surface area contributed by atoms with E-state index in [0.717, 1.165) is 18.7 Å². The first kappa shape index (κ1) is 27.5. The minimum Gasteiger partial charge on any atom is -0.497 e. The van der Waals surface area contributed by atoms with E-state index in [9.17, 15) is 9.59 Å². The van der Waals surface area contributed by atoms with Crippen LogP contribution in [-0.4, -0.2) is 37.8 Å². The van der Waals surface area contributed by atoms with Gasteiger partial charge in [0, 0.05) is 36.1 Å². The number of rotatable bonds is 7. The van der Waals surface area contributed by atoms with E-state index in [4.69, 9.17) is 14.5 Å². The Morgan fingerprint density at radius 2 is 1.74 bits per heavy atom. The van der Waals surface area contributed by atoms with Crippen molar-refractivity contribution in [2.24, 2.45) is 4.99 Å². The molecule has 1 fully saturated rings. The molecule has 1 saturated heterocycles. The number of nitrogens with one attached hydrogen (secondary N) is 1. The Morgan fingerprint density at radius 1 is 1.00 bits per heavy atom. The number of hydrogen-bond acceptors (Lipinski definition) is 7. The van der Waals surface area contributed by atoms with Crippen LogP contribution in [0.5, 0.6) is 11.5 Å². The summed E-state index contributed by atoms with van der Waals surface area (Å²) in [6.45, 7) is 3.95. The van der Waals surface area contributed by atoms with Gasteiger partial charge in [0.15, 0.2) is 4.80 Å². The van der Waals surface area contributed by atoms with Crippen molar-refractivity contribution >= 4 is 34.7 Å². The monoisotopic (exact) mass is 580 g/mol. The first-order valence-electron chi connectivity index (χ1n) is 13.9. The van der Waals surface area contributed by atoms with Gasteiger partial charge in [-0.15, -0.1) is 0 Å². The van der Waals surface area contributed by atoms with E-state index < -0.39 is 6.04 Å². The topological polar surface area (TPSA) is 85.2 Å². The number of thiazole rings is 1. The molecular weight excluding hydrogens is 548 g/mol. The number of carbonyl (C=O) groups excluding carboxylic acids is 1. The maximum atomic E-state index is 14.1. The normalized spacial score (nSPS) is 16.7. The number of para-hydroxylation sites is 1. The van der Waals surface area contributed by atoms with Gasteiger partial charge >= 0.3 is 0 Å². The van der Waals surface area contributed by atoms with Crippen LogP contribution in [0, 0.1) is 0 Å². The molecule has 0 bridgehead atoms. The van der Waals surface area contributed by atoms with Crippen molar-refractivity contribution in [3.05, 3.63) is 115 Å². The molecule has 1 amide bonds. The maximum absolute atomic E-state index is 14.1. The summed E-state index contributed by atoms with van der Waals surface area (Å²) in [5, 5.41) is 2.98. The maximum Gasteiger partial charge on any atom is 0.271 e. The molecule has 0 unspecified atom stereocenters. The first-order valence-corrected chi connectivity index (χ1v) is 14.7. The number of amides is 1. The van der Waals surface area contributed by atoms with Gasteiger partial charge in [-0.25, -0.2) is 4.99 Å². The molecule has 3 heterocycles. The molecule has 6 rings (SSSR count). The Kier molecular flexibility index (Phi) is 7.67. The molecule has 9 heteroatoms. The Morgan fingerprint density at radius 3 is 2.43 bits per heavy atom. The third-order valence-corrected chi connectivity index (χ3v) is 8.68. The molecular formula is C33H32N4O4S. The molecule has 0 radical (unpaired) electrons. The van der Waals surface area contributed by atoms with E-state index >= 15 is 0 Å². The number of anilines is 2. The summed E-state index contributed by atoms with van der Waals surface area (Å²) in [6, 6.07) is 22.2. The number of allylic oxidation sites excluding steroid dienone is 1. The van der Waals surface area contributed by atoms with Crippen LogP contribution in [0.3, 0.4) is 0 Å². The van der Waals surface area contributed by atoms with Crippen LogP contribution in [0.4, 0.5) is 11.4 Å². The summed E-state index contributed by atoms with van der Waals surface area (Å²) < 4.78 is 13.3. The minimum absolute atomic E-state index is 0.220. The highest BCUT2D eigenvalue weighted by Crippen LogP contribution is 2.37. The van der Waals surface area contributed by atoms with Crippen molar-refractivity contribution < 1.29 is 14.3 Å². The predicted octanol–water partition coefficient (Wildman–Crippen LogP) is 4.49. The zero-order valence-electron chi connectivity index (χ0n) is 23.8. The first-order chi connectivity index (χ1) is 20.5. The van der Waals surface area contributed by atoms with Crippen molar-refractivity contribution in [2.75, 3.05) is 37.5 Å². The lowest BCUT2D eigenvalue weighted by molar-refractivity contribution is -0.113. The summed E-state index contributed by atoms with van der Waals surface area (Å²) in [5.74, 6) is 0.777. The predicted molar refractivity (Wildman–Crippen MR) is 166 cm³/mol. The van der Waals surface area contributed by atoms with E-state index in [2.05, 4.69) is 22.3 Å². The van der Waals surface area contributed by atoms with Crippen molar-refractivity contribution in [1.82, 2.24) is 4.57 Å². The highest BCUT2D eigenvalue weighted by atomic mass is 32.1. The van der Waals surface area contributed by atoms with Gasteiger partial charge < -0.3 is 19.7 Å². The van der Waals surface area contributed by atoms with Gasteiger partial charge in [0.1, 0.15) is 17.5 Å². The lowest BCUT2D eigenvalue weighted by Gasteiger charge is -2.26. The number of methoxy groups -OCH3 is 2. The largest absolute Gasteiger partial charge is 0.497 e. The quantitative estimate of drug-likeness (QED) is 0.348. The fourth-order valence-corrected chi connectivity index (χ4v) is 6.62. The SMILES string of the molecule is COc1ccc([C@H]2C(C(=O)Nc3ccccc3)=C(C)N=c3s/c(=C/c4ccc(N5CCCC5)cc4)c(=O)n32)c(OC)c1. The van der Waals surface area contributed by atoms with Gasteiger partial charge in [0.25, 0.3) is 11.5 Å². The summed E-state index contributed by atoms with van der Waals surface area (Å²) in [4.78, 5) is 35.6. The molecule has 4 aromatic rings. The zero-order chi connectivity index (χ0) is 29.2. The van der Waals surface area contributed by atoms with Gasteiger partial charge in [0.05, 0.1) is 30.0 Å². The number of benzene rings is 3. The molecule has 1 atom stereocenters. The summed E-state index contributed by atoms with van der Waals surface area (Å²) in [5.41, 5.74) is 4.13. The van der Waals surface area contributed by atoms with E-state index in [1.54, 1.807) is 37.8 Å². The van der Waals surface area contributed by atoms with Gasteiger partial charge in [-0.2, -0.15) is 0 Å². The third kappa shape index (κ3) is 5.23. The molecule has 2 aliphatic heterocycles. The van der Waals surface area contributed by atoms with Crippen LogP contribution in [0.15, 0.2) is 93.9 Å². The van der Waals surface area contributed by atoms with Crippen LogP contribution in [0.2, 0.25) is 0 Å². The molecule has 2 aliphatic rings. The van der Waals surface area contributed by atoms with Gasteiger partial charge in [-0.3, -0.25) is 14.2 Å². The smallest absolute Gasteiger partial charge is 0.271 e. The van der Waals surface area contributed by atoms with Crippen molar-refractivity contribution in [3.63, 3.8) is 0 Å². The standard InChI is InChI=1S/C33H32N4O4S/c1-21-29(31(38)35-23-9-5-4-6-10-23)30(26-16-15-25(40-2)20-27(26)41-3)37-32(39)28(42-33(37)34-21)19-22-11-13-24(14-12-22)36-17-7-8-18-36/h4-6,9-16,19-20,30H,7-8,17-18H2,1-3H3,(H,35,38)/b28-19+/t30-/m0/s1. The molecule has 3 aromatic carbocycles. The highest BCUT2D eigenvalue weighted by molar-refractivity contribution is 7.07. The molecule has 8 nitrogen and oxygen atoms in total. The highest BCUT2D eigenvalue weighted by Gasteiger charge is 2.34. The van der Waals surface area contributed by atoms with Gasteiger partial charge in [-0.05, 0) is 67.8 Å². The molecule has 1 aromatic heterocycles. The average Bonchev–Trinajstić information content (AvgIpc) is 3.65. The Labute approximate surface area is 247 Å². The molecule has 0 saturated carbocycles. The van der Waals surface area contributed by atoms with Crippen LogP contribution in [-0.2, 0) is 4.79 Å². The Balaban J connectivity index is 1.47. The summed E-state index contributed by atoms with van der Waals surface area (Å²) in [6.07, 6.45) is 4.32. The van der Waals surface area contributed by atoms with Crippen molar-refractivity contribution in [2.45, 2.75) is 25.8 Å². The second-order valence-electron chi connectivity index (χ2n) is 10.3. The Hall–Kier alpha value is -4.63. The molecule has 42 heavy (non-hydrogen) atoms. The molecule has 214 valence electrons. The third-order valence-electron chi connectivity index (χ3n) is 7.70. The number of hydrogen-bond donors (Lipinski definition) is 1. The number of fused-ring (bicyclic) bond motifs is 1. The number of aromatic nitrogens is 1. The Bertz CT molecular complexity index is 1840. The summed E-state index contributed by atoms with van der Waals surface area (Å²) >= 11 is 1.31. The lowest BCUT2D eigenvalue weighted by atomic mass is 9.94. The van der Waals surface area contributed by atoms with Gasteiger partial charge in [-0.1, -0.05) is 41.7 Å². The molecule has 0 aliphatic carbocycles. The fraction of sp³-hybridized carbons (Fsp3) is 0.242. The lowest BCUT2D eigenvalue weighted by Crippen LogP contribution is -2.40. The van der Waals surface area contributed by atoms with E-state index in [0.29, 0.717) is 43.4 Å². The second-order valence-corrected chi connectivity index (χ2v) is 11.3. The average molecular weight is 581 g/mol. The van der Waals surface area contributed by atoms with E-state index in [-0.39, 0.29) is 11.5 Å². The zero-order valence-corrected chi connectivity index (χ0v) is 24.6.